The monoisotopic (exact) mass is 523 g/mol. The molecular weight excluding hydrogens is 491 g/mol. The van der Waals surface area contributed by atoms with Gasteiger partial charge in [-0.3, -0.25) is 4.98 Å². The number of ether oxygens (including phenoxy) is 1. The van der Waals surface area contributed by atoms with Crippen LogP contribution in [-0.4, -0.2) is 63.1 Å². The molecule has 0 spiro atoms. The van der Waals surface area contributed by atoms with Gasteiger partial charge in [-0.05, 0) is 55.7 Å². The number of rotatable bonds is 5. The molecule has 13 heteroatoms. The number of allylic oxidation sites excluding steroid dienone is 2. The smallest absolute Gasteiger partial charge is 0.398 e. The van der Waals surface area contributed by atoms with Crippen LogP contribution in [0, 0.1) is 17.8 Å². The maximum Gasteiger partial charge on any atom is 0.417 e. The van der Waals surface area contributed by atoms with Crippen LogP contribution in [0.2, 0.25) is 0 Å². The van der Waals surface area contributed by atoms with Crippen molar-refractivity contribution >= 4 is 21.4 Å². The molecule has 4 rings (SSSR count). The Labute approximate surface area is 216 Å². The van der Waals surface area contributed by atoms with E-state index < -0.39 is 28.9 Å². The van der Waals surface area contributed by atoms with Crippen molar-refractivity contribution in [2.75, 3.05) is 26.3 Å². The molecule has 2 aliphatic heterocycles. The van der Waals surface area contributed by atoms with Gasteiger partial charge in [-0.25, -0.2) is 8.78 Å². The van der Waals surface area contributed by atoms with E-state index in [4.69, 9.17) is 37.6 Å². The average molecular weight is 523 g/mol. The van der Waals surface area contributed by atoms with Crippen molar-refractivity contribution in [3.8, 4) is 0 Å². The fourth-order valence-corrected chi connectivity index (χ4v) is 5.28. The Morgan fingerprint density at radius 2 is 1.57 bits per heavy atom. The lowest BCUT2D eigenvalue weighted by Crippen LogP contribution is -2.64. The molecule has 6 nitrogen and oxygen atoms in total. The van der Waals surface area contributed by atoms with Crippen LogP contribution in [0.1, 0.15) is 43.2 Å². The highest BCUT2D eigenvalue weighted by atomic mass is 19.4. The van der Waals surface area contributed by atoms with Crippen LogP contribution >= 0.6 is 0 Å². The van der Waals surface area contributed by atoms with E-state index in [2.05, 4.69) is 4.98 Å². The highest BCUT2D eigenvalue weighted by Crippen LogP contribution is 2.46. The van der Waals surface area contributed by atoms with Gasteiger partial charge in [-0.1, -0.05) is 6.42 Å². The van der Waals surface area contributed by atoms with Gasteiger partial charge in [0, 0.05) is 61.2 Å². The number of alkyl halides is 5. The Hall–Kier alpha value is -2.27. The van der Waals surface area contributed by atoms with Crippen molar-refractivity contribution in [3.63, 3.8) is 0 Å². The average Bonchev–Trinajstić information content (AvgIpc) is 3.46. The second-order valence-electron chi connectivity index (χ2n) is 9.90. The first-order chi connectivity index (χ1) is 17.2. The zero-order valence-corrected chi connectivity index (χ0v) is 20.6. The molecule has 4 radical (unpaired) electrons. The third-order valence-electron chi connectivity index (χ3n) is 7.41. The van der Waals surface area contributed by atoms with Gasteiger partial charge in [0.15, 0.2) is 0 Å². The summed E-state index contributed by atoms with van der Waals surface area (Å²) in [5.74, 6) is -2.88. The van der Waals surface area contributed by atoms with E-state index in [1.54, 1.807) is 4.90 Å². The van der Waals surface area contributed by atoms with Crippen LogP contribution in [0.5, 0.6) is 0 Å². The minimum Gasteiger partial charge on any atom is -0.398 e. The van der Waals surface area contributed by atoms with E-state index in [0.29, 0.717) is 51.0 Å². The lowest BCUT2D eigenvalue weighted by atomic mass is 9.54. The Morgan fingerprint density at radius 1 is 0.973 bits per heavy atom. The molecule has 1 saturated carbocycles. The first-order valence-corrected chi connectivity index (χ1v) is 12.2. The molecule has 2 atom stereocenters. The van der Waals surface area contributed by atoms with Gasteiger partial charge >= 0.3 is 6.18 Å². The van der Waals surface area contributed by atoms with Gasteiger partial charge in [0.25, 0.3) is 5.92 Å². The van der Waals surface area contributed by atoms with Crippen LogP contribution in [-0.2, 0) is 10.9 Å². The summed E-state index contributed by atoms with van der Waals surface area (Å²) in [6.07, 6.45) is 4.14. The highest BCUT2D eigenvalue weighted by Gasteiger charge is 2.56. The van der Waals surface area contributed by atoms with Crippen molar-refractivity contribution in [1.82, 2.24) is 9.88 Å². The van der Waals surface area contributed by atoms with Crippen LogP contribution in [0.3, 0.4) is 0 Å². The van der Waals surface area contributed by atoms with E-state index >= 15 is 0 Å². The summed E-state index contributed by atoms with van der Waals surface area (Å²) < 4.78 is 72.6. The summed E-state index contributed by atoms with van der Waals surface area (Å²) in [6, 6.07) is 0.853. The Morgan fingerprint density at radius 3 is 2.11 bits per heavy atom. The number of pyridine rings is 1. The second-order valence-corrected chi connectivity index (χ2v) is 9.90. The van der Waals surface area contributed by atoms with E-state index in [-0.39, 0.29) is 17.1 Å². The number of fused-ring (bicyclic) bond motifs is 1. The predicted molar refractivity (Wildman–Crippen MR) is 133 cm³/mol. The van der Waals surface area contributed by atoms with Gasteiger partial charge in [-0.2, -0.15) is 13.2 Å². The van der Waals surface area contributed by atoms with Gasteiger partial charge in [-0.15, -0.1) is 0 Å². The Balaban J connectivity index is 0.000000209. The van der Waals surface area contributed by atoms with E-state index in [1.165, 1.54) is 18.6 Å². The lowest BCUT2D eigenvalue weighted by molar-refractivity contribution is -0.138. The predicted octanol–water partition coefficient (Wildman–Crippen LogP) is 2.93. The zero-order valence-electron chi connectivity index (χ0n) is 20.6. The number of halogens is 5. The summed E-state index contributed by atoms with van der Waals surface area (Å²) in [6.45, 7) is 2.00. The Kier molecular flexibility index (Phi) is 9.21. The first-order valence-electron chi connectivity index (χ1n) is 12.2. The maximum absolute atomic E-state index is 14.8. The number of hydrogen-bond donors (Lipinski definition) is 3. The van der Waals surface area contributed by atoms with Crippen molar-refractivity contribution in [1.29, 1.82) is 0 Å². The fourth-order valence-electron chi connectivity index (χ4n) is 5.28. The molecule has 0 aromatic carbocycles. The summed E-state index contributed by atoms with van der Waals surface area (Å²) in [7, 11) is 11.9. The summed E-state index contributed by atoms with van der Waals surface area (Å²) in [4.78, 5) is 5.24. The Bertz CT molecular complexity index is 967. The number of nitrogens with zero attached hydrogens (tertiary/aromatic N) is 2. The zero-order chi connectivity index (χ0) is 27.4. The SMILES string of the molecule is NC(N)=C/C=C(\N)c1cnccc1C(F)(F)F.[B]C([B])(N1CC2CCCC2C1)C(F)(F)C1CCOCC1. The van der Waals surface area contributed by atoms with Gasteiger partial charge in [0.05, 0.1) is 27.1 Å². The second kappa shape index (κ2) is 11.6. The molecule has 1 aromatic heterocycles. The van der Waals surface area contributed by atoms with E-state index in [9.17, 15) is 22.0 Å². The first kappa shape index (κ1) is 29.3. The number of aromatic nitrogens is 1. The topological polar surface area (TPSA) is 103 Å². The van der Waals surface area contributed by atoms with E-state index in [0.717, 1.165) is 31.3 Å². The van der Waals surface area contributed by atoms with E-state index in [1.807, 2.05) is 0 Å². The van der Waals surface area contributed by atoms with Crippen molar-refractivity contribution in [2.24, 2.45) is 35.0 Å². The summed E-state index contributed by atoms with van der Waals surface area (Å²) >= 11 is 0. The molecule has 3 fully saturated rings. The standard InChI is InChI=1S/C14H21B2F2NO.C10H11F3N4/c15-14(16,13(17,18)12-4-6-20-7-5-12)19-8-10-2-1-3-11(10)9-19;11-10(12,13)7-3-4-17-5-6(7)8(14)1-2-9(15)16/h10-12H,1-9H2;1-5H,14-16H2/b;8-1-. The lowest BCUT2D eigenvalue weighted by Gasteiger charge is -2.47. The van der Waals surface area contributed by atoms with Crippen LogP contribution in [0.4, 0.5) is 22.0 Å². The largest absolute Gasteiger partial charge is 0.417 e. The summed E-state index contributed by atoms with van der Waals surface area (Å²) in [5.41, 5.74) is 14.6. The normalized spacial score (nSPS) is 23.8. The third-order valence-corrected chi connectivity index (χ3v) is 7.41. The number of hydrogen-bond acceptors (Lipinski definition) is 6. The van der Waals surface area contributed by atoms with Gasteiger partial charge < -0.3 is 26.8 Å². The molecule has 2 saturated heterocycles. The van der Waals surface area contributed by atoms with Crippen molar-refractivity contribution in [2.45, 2.75) is 49.5 Å². The molecule has 3 aliphatic rings. The van der Waals surface area contributed by atoms with Crippen LogP contribution in [0.15, 0.2) is 36.4 Å². The highest BCUT2D eigenvalue weighted by molar-refractivity contribution is 6.40. The fraction of sp³-hybridized carbons (Fsp3) is 0.625. The minimum absolute atomic E-state index is 0.0506. The molecule has 0 amide bonds. The van der Waals surface area contributed by atoms with Crippen molar-refractivity contribution in [3.05, 3.63) is 47.6 Å². The molecule has 1 aliphatic carbocycles. The van der Waals surface area contributed by atoms with Gasteiger partial charge in [0.1, 0.15) is 0 Å². The molecule has 1 aromatic rings. The molecular formula is C24H32B2F5N5O. The minimum atomic E-state index is -4.49. The quantitative estimate of drug-likeness (QED) is 0.312. The number of nitrogens with two attached hydrogens (primary N) is 3. The number of likely N-dealkylation sites (tertiary alicyclic amines) is 1. The molecule has 3 heterocycles. The maximum atomic E-state index is 14.8. The summed E-state index contributed by atoms with van der Waals surface area (Å²) in [5, 5.41) is -2.03. The molecule has 0 bridgehead atoms. The third kappa shape index (κ3) is 6.79. The van der Waals surface area contributed by atoms with Crippen molar-refractivity contribution < 1.29 is 26.7 Å². The van der Waals surface area contributed by atoms with Gasteiger partial charge in [0.2, 0.25) is 0 Å². The van der Waals surface area contributed by atoms with Crippen LogP contribution in [0.25, 0.3) is 5.70 Å². The molecule has 200 valence electrons. The molecule has 37 heavy (non-hydrogen) atoms. The molecule has 6 N–H and O–H groups in total. The molecule has 2 unspecified atom stereocenters. The van der Waals surface area contributed by atoms with Crippen LogP contribution < -0.4 is 17.2 Å².